The number of amides is 3. The van der Waals surface area contributed by atoms with Crippen LogP contribution >= 0.6 is 23.2 Å². The summed E-state index contributed by atoms with van der Waals surface area (Å²) in [4.78, 5) is 28.3. The molecule has 1 aromatic heterocycles. The van der Waals surface area contributed by atoms with E-state index in [2.05, 4.69) is 15.6 Å². The van der Waals surface area contributed by atoms with Gasteiger partial charge in [0.15, 0.2) is 0 Å². The number of rotatable bonds is 2. The molecule has 0 saturated carbocycles. The molecule has 2 N–H and O–H groups in total. The molecular weight excluding hydrogens is 349 g/mol. The summed E-state index contributed by atoms with van der Waals surface area (Å²) >= 11 is 11.7. The zero-order chi connectivity index (χ0) is 17.1. The van der Waals surface area contributed by atoms with E-state index >= 15 is 0 Å². The van der Waals surface area contributed by atoms with E-state index in [1.165, 1.54) is 6.07 Å². The third kappa shape index (κ3) is 3.64. The highest BCUT2D eigenvalue weighted by molar-refractivity contribution is 6.42. The van der Waals surface area contributed by atoms with Crippen LogP contribution in [0.2, 0.25) is 10.0 Å². The Hall–Kier alpha value is -2.63. The zero-order valence-electron chi connectivity index (χ0n) is 12.2. The van der Waals surface area contributed by atoms with Crippen molar-refractivity contribution in [3.8, 4) is 0 Å². The summed E-state index contributed by atoms with van der Waals surface area (Å²) in [6.07, 6.45) is 1.67. The third-order valence-electron chi connectivity index (χ3n) is 3.27. The van der Waals surface area contributed by atoms with Crippen LogP contribution in [-0.2, 0) is 0 Å². The molecule has 0 spiro atoms. The minimum absolute atomic E-state index is 0.308. The monoisotopic (exact) mass is 359 g/mol. The molecule has 0 unspecified atom stereocenters. The number of imide groups is 1. The first-order valence-corrected chi connectivity index (χ1v) is 7.71. The quantitative estimate of drug-likeness (QED) is 0.707. The van der Waals surface area contributed by atoms with Crippen molar-refractivity contribution < 1.29 is 9.59 Å². The molecule has 5 nitrogen and oxygen atoms in total. The summed E-state index contributed by atoms with van der Waals surface area (Å²) in [5.74, 6) is -0.515. The Labute approximate surface area is 147 Å². The summed E-state index contributed by atoms with van der Waals surface area (Å²) in [5.41, 5.74) is 1.56. The van der Waals surface area contributed by atoms with Crippen molar-refractivity contribution in [1.82, 2.24) is 10.3 Å². The Balaban J connectivity index is 1.70. The molecule has 0 atom stereocenters. The van der Waals surface area contributed by atoms with Crippen molar-refractivity contribution >= 4 is 51.7 Å². The number of nitrogens with one attached hydrogen (secondary N) is 2. The molecule has 3 amide bonds. The number of hydrogen-bond donors (Lipinski definition) is 2. The van der Waals surface area contributed by atoms with Crippen LogP contribution in [0.25, 0.3) is 10.9 Å². The van der Waals surface area contributed by atoms with Crippen LogP contribution in [0.5, 0.6) is 0 Å². The van der Waals surface area contributed by atoms with Gasteiger partial charge in [0.05, 0.1) is 15.6 Å². The Bertz CT molecular complexity index is 944. The van der Waals surface area contributed by atoms with Crippen LogP contribution in [0.15, 0.2) is 54.7 Å². The largest absolute Gasteiger partial charge is 0.326 e. The number of hydrogen-bond acceptors (Lipinski definition) is 3. The molecule has 120 valence electrons. The van der Waals surface area contributed by atoms with E-state index < -0.39 is 11.9 Å². The lowest BCUT2D eigenvalue weighted by Gasteiger charge is -2.08. The molecule has 3 aromatic rings. The van der Waals surface area contributed by atoms with Crippen molar-refractivity contribution in [2.75, 3.05) is 5.32 Å². The van der Waals surface area contributed by atoms with Gasteiger partial charge in [-0.2, -0.15) is 0 Å². The topological polar surface area (TPSA) is 71.1 Å². The SMILES string of the molecule is O=C(NC(=O)c1ccc2ncccc2c1)Nc1ccc(Cl)c(Cl)c1. The molecule has 0 aliphatic carbocycles. The average molecular weight is 360 g/mol. The fourth-order valence-electron chi connectivity index (χ4n) is 2.13. The highest BCUT2D eigenvalue weighted by Gasteiger charge is 2.11. The highest BCUT2D eigenvalue weighted by Crippen LogP contribution is 2.24. The second kappa shape index (κ2) is 6.86. The van der Waals surface area contributed by atoms with Crippen molar-refractivity contribution in [3.05, 3.63) is 70.3 Å². The van der Waals surface area contributed by atoms with Crippen LogP contribution in [-0.4, -0.2) is 16.9 Å². The normalized spacial score (nSPS) is 10.4. The average Bonchev–Trinajstić information content (AvgIpc) is 2.57. The smallest absolute Gasteiger partial charge is 0.308 e. The summed E-state index contributed by atoms with van der Waals surface area (Å²) in [6.45, 7) is 0. The molecule has 7 heteroatoms. The number of nitrogens with zero attached hydrogens (tertiary/aromatic N) is 1. The minimum atomic E-state index is -0.662. The Morgan fingerprint density at radius 3 is 2.58 bits per heavy atom. The van der Waals surface area contributed by atoms with Gasteiger partial charge in [-0.05, 0) is 42.5 Å². The summed E-state index contributed by atoms with van der Waals surface area (Å²) in [7, 11) is 0. The number of pyridine rings is 1. The molecule has 2 aromatic carbocycles. The summed E-state index contributed by atoms with van der Waals surface area (Å²) in [5, 5.41) is 6.28. The molecule has 0 saturated heterocycles. The van der Waals surface area contributed by atoms with Gasteiger partial charge in [-0.3, -0.25) is 15.1 Å². The number of benzene rings is 2. The van der Waals surface area contributed by atoms with Gasteiger partial charge in [-0.15, -0.1) is 0 Å². The standard InChI is InChI=1S/C17H11Cl2N3O2/c18-13-5-4-12(9-14(13)19)21-17(24)22-16(23)11-3-6-15-10(8-11)2-1-7-20-15/h1-9H,(H2,21,22,23,24). The summed E-state index contributed by atoms with van der Waals surface area (Å²) < 4.78 is 0. The second-order valence-electron chi connectivity index (χ2n) is 4.95. The van der Waals surface area contributed by atoms with Crippen molar-refractivity contribution in [3.63, 3.8) is 0 Å². The van der Waals surface area contributed by atoms with E-state index in [0.29, 0.717) is 21.3 Å². The van der Waals surface area contributed by atoms with Gasteiger partial charge in [-0.25, -0.2) is 4.79 Å². The van der Waals surface area contributed by atoms with Gasteiger partial charge in [-0.1, -0.05) is 29.3 Å². The van der Waals surface area contributed by atoms with E-state index in [-0.39, 0.29) is 0 Å². The van der Waals surface area contributed by atoms with E-state index in [4.69, 9.17) is 23.2 Å². The van der Waals surface area contributed by atoms with Crippen LogP contribution < -0.4 is 10.6 Å². The van der Waals surface area contributed by atoms with E-state index in [1.54, 1.807) is 42.6 Å². The number of halogens is 2. The van der Waals surface area contributed by atoms with Crippen LogP contribution in [0.4, 0.5) is 10.5 Å². The number of carbonyl (C=O) groups is 2. The van der Waals surface area contributed by atoms with Crippen molar-refractivity contribution in [2.45, 2.75) is 0 Å². The highest BCUT2D eigenvalue weighted by atomic mass is 35.5. The second-order valence-corrected chi connectivity index (χ2v) is 5.76. The van der Waals surface area contributed by atoms with E-state index in [0.717, 1.165) is 10.9 Å². The number of aromatic nitrogens is 1. The van der Waals surface area contributed by atoms with Gasteiger partial charge >= 0.3 is 6.03 Å². The zero-order valence-corrected chi connectivity index (χ0v) is 13.7. The molecule has 3 rings (SSSR count). The van der Waals surface area contributed by atoms with Crippen LogP contribution in [0.1, 0.15) is 10.4 Å². The molecule has 1 heterocycles. The van der Waals surface area contributed by atoms with Crippen molar-refractivity contribution in [1.29, 1.82) is 0 Å². The third-order valence-corrected chi connectivity index (χ3v) is 4.01. The number of anilines is 1. The van der Waals surface area contributed by atoms with Gasteiger partial charge in [0.25, 0.3) is 5.91 Å². The fourth-order valence-corrected chi connectivity index (χ4v) is 2.43. The van der Waals surface area contributed by atoms with Gasteiger partial charge in [0.1, 0.15) is 0 Å². The molecule has 24 heavy (non-hydrogen) atoms. The molecule has 0 aliphatic heterocycles. The fraction of sp³-hybridized carbons (Fsp3) is 0. The predicted molar refractivity (Wildman–Crippen MR) is 94.7 cm³/mol. The molecule has 0 fully saturated rings. The minimum Gasteiger partial charge on any atom is -0.308 e. The van der Waals surface area contributed by atoms with Gasteiger partial charge in [0, 0.05) is 22.8 Å². The van der Waals surface area contributed by atoms with Gasteiger partial charge in [0.2, 0.25) is 0 Å². The predicted octanol–water partition coefficient (Wildman–Crippen LogP) is 4.50. The van der Waals surface area contributed by atoms with Crippen LogP contribution in [0, 0.1) is 0 Å². The van der Waals surface area contributed by atoms with Crippen molar-refractivity contribution in [2.24, 2.45) is 0 Å². The number of urea groups is 1. The Morgan fingerprint density at radius 1 is 0.958 bits per heavy atom. The lowest BCUT2D eigenvalue weighted by Crippen LogP contribution is -2.34. The first-order chi connectivity index (χ1) is 11.5. The lowest BCUT2D eigenvalue weighted by molar-refractivity contribution is 0.0967. The van der Waals surface area contributed by atoms with E-state index in [1.807, 2.05) is 6.07 Å². The molecule has 0 aliphatic rings. The van der Waals surface area contributed by atoms with Gasteiger partial charge < -0.3 is 5.32 Å². The number of carbonyl (C=O) groups excluding carboxylic acids is 2. The molecule has 0 radical (unpaired) electrons. The maximum Gasteiger partial charge on any atom is 0.326 e. The maximum atomic E-state index is 12.2. The van der Waals surface area contributed by atoms with Crippen LogP contribution in [0.3, 0.4) is 0 Å². The lowest BCUT2D eigenvalue weighted by atomic mass is 10.1. The first kappa shape index (κ1) is 16.2. The summed E-state index contributed by atoms with van der Waals surface area (Å²) in [6, 6.07) is 12.6. The Kier molecular flexibility index (Phi) is 4.64. The number of fused-ring (bicyclic) bond motifs is 1. The molecule has 0 bridgehead atoms. The Morgan fingerprint density at radius 2 is 1.79 bits per heavy atom. The van der Waals surface area contributed by atoms with E-state index in [9.17, 15) is 9.59 Å². The molecular formula is C17H11Cl2N3O2. The maximum absolute atomic E-state index is 12.2. The first-order valence-electron chi connectivity index (χ1n) is 6.95.